The van der Waals surface area contributed by atoms with E-state index >= 15 is 0 Å². The molecule has 2 rings (SSSR count). The first-order valence-corrected chi connectivity index (χ1v) is 6.66. The molecule has 1 unspecified atom stereocenters. The highest BCUT2D eigenvalue weighted by Crippen LogP contribution is 2.21. The van der Waals surface area contributed by atoms with Crippen LogP contribution in [0.25, 0.3) is 0 Å². The smallest absolute Gasteiger partial charge is 0.130 e. The van der Waals surface area contributed by atoms with E-state index in [1.807, 2.05) is 0 Å². The minimum atomic E-state index is -1.70. The minimum absolute atomic E-state index is 0.0865. The Bertz CT molecular complexity index is 646. The van der Waals surface area contributed by atoms with Gasteiger partial charge < -0.3 is 5.73 Å². The van der Waals surface area contributed by atoms with Crippen molar-refractivity contribution >= 4 is 16.5 Å². The summed E-state index contributed by atoms with van der Waals surface area (Å²) in [7, 11) is -1.70. The number of benzene rings is 2. The van der Waals surface area contributed by atoms with Gasteiger partial charge in [0, 0.05) is 17.3 Å². The van der Waals surface area contributed by atoms with E-state index in [1.165, 1.54) is 12.1 Å². The van der Waals surface area contributed by atoms with Gasteiger partial charge in [0.2, 0.25) is 0 Å². The van der Waals surface area contributed by atoms with Gasteiger partial charge in [0.05, 0.1) is 21.4 Å². The summed E-state index contributed by atoms with van der Waals surface area (Å²) in [5.41, 5.74) is 5.85. The van der Waals surface area contributed by atoms with E-state index in [4.69, 9.17) is 5.73 Å². The summed E-state index contributed by atoms with van der Waals surface area (Å²) in [5.74, 6) is -2.27. The second kappa shape index (κ2) is 5.44. The Morgan fingerprint density at radius 1 is 1.00 bits per heavy atom. The lowest BCUT2D eigenvalue weighted by atomic mass is 10.2. The molecular weight excluding hydrogens is 275 g/mol. The highest BCUT2D eigenvalue weighted by Gasteiger charge is 2.13. The molecule has 100 valence electrons. The zero-order chi connectivity index (χ0) is 14.0. The summed E-state index contributed by atoms with van der Waals surface area (Å²) in [6.07, 6.45) is 0. The van der Waals surface area contributed by atoms with Crippen LogP contribution in [0.2, 0.25) is 0 Å². The van der Waals surface area contributed by atoms with Gasteiger partial charge in [-0.3, -0.25) is 4.21 Å². The van der Waals surface area contributed by atoms with Gasteiger partial charge in [-0.05, 0) is 24.3 Å². The zero-order valence-electron chi connectivity index (χ0n) is 9.70. The van der Waals surface area contributed by atoms with Gasteiger partial charge in [-0.2, -0.15) is 0 Å². The minimum Gasteiger partial charge on any atom is -0.398 e. The summed E-state index contributed by atoms with van der Waals surface area (Å²) >= 11 is 0. The van der Waals surface area contributed by atoms with E-state index in [1.54, 1.807) is 0 Å². The molecule has 19 heavy (non-hydrogen) atoms. The molecule has 0 spiro atoms. The molecule has 2 aromatic rings. The van der Waals surface area contributed by atoms with Gasteiger partial charge in [0.15, 0.2) is 0 Å². The number of nitrogens with two attached hydrogens (primary N) is 1. The van der Waals surface area contributed by atoms with Crippen LogP contribution in [0.15, 0.2) is 41.3 Å². The molecule has 1 atom stereocenters. The lowest BCUT2D eigenvalue weighted by Gasteiger charge is -2.07. The van der Waals surface area contributed by atoms with Crippen LogP contribution in [0, 0.1) is 17.5 Å². The van der Waals surface area contributed by atoms with Gasteiger partial charge in [-0.25, -0.2) is 13.2 Å². The Hall–Kier alpha value is -1.82. The van der Waals surface area contributed by atoms with Crippen LogP contribution in [0.3, 0.4) is 0 Å². The molecule has 2 aromatic carbocycles. The van der Waals surface area contributed by atoms with Crippen molar-refractivity contribution in [2.45, 2.75) is 10.6 Å². The zero-order valence-corrected chi connectivity index (χ0v) is 10.5. The van der Waals surface area contributed by atoms with Crippen molar-refractivity contribution < 1.29 is 17.4 Å². The molecule has 0 aliphatic rings. The number of hydrogen-bond donors (Lipinski definition) is 1. The van der Waals surface area contributed by atoms with Gasteiger partial charge in [-0.15, -0.1) is 0 Å². The van der Waals surface area contributed by atoms with Crippen LogP contribution < -0.4 is 5.73 Å². The number of anilines is 1. The Labute approximate surface area is 110 Å². The third-order valence-corrected chi connectivity index (χ3v) is 3.94. The first kappa shape index (κ1) is 13.6. The number of nitrogen functional groups attached to an aromatic ring is 1. The number of hydrogen-bond acceptors (Lipinski definition) is 2. The Morgan fingerprint density at radius 2 is 1.63 bits per heavy atom. The predicted molar refractivity (Wildman–Crippen MR) is 67.3 cm³/mol. The van der Waals surface area contributed by atoms with Crippen LogP contribution in [0.5, 0.6) is 0 Å². The molecule has 0 aliphatic carbocycles. The standard InChI is InChI=1S/C13H10F3NOS/c14-9-2-1-8(11(16)5-9)7-19(18)13-6-10(15)3-4-12(13)17/h1-6H,7,17H2. The molecule has 0 saturated heterocycles. The predicted octanol–water partition coefficient (Wildman–Crippen LogP) is 2.99. The first-order chi connectivity index (χ1) is 8.97. The lowest BCUT2D eigenvalue weighted by molar-refractivity contribution is 0.575. The Kier molecular flexibility index (Phi) is 3.90. The van der Waals surface area contributed by atoms with E-state index in [0.717, 1.165) is 18.2 Å². The maximum Gasteiger partial charge on any atom is 0.130 e. The fourth-order valence-corrected chi connectivity index (χ4v) is 2.81. The molecule has 6 heteroatoms. The second-order valence-electron chi connectivity index (χ2n) is 3.91. The van der Waals surface area contributed by atoms with E-state index in [0.29, 0.717) is 6.07 Å². The highest BCUT2D eigenvalue weighted by molar-refractivity contribution is 7.84. The van der Waals surface area contributed by atoms with Crippen LogP contribution in [0.1, 0.15) is 5.56 Å². The molecular formula is C13H10F3NOS. The molecule has 0 heterocycles. The molecule has 0 aromatic heterocycles. The molecule has 0 fully saturated rings. The van der Waals surface area contributed by atoms with Crippen molar-refractivity contribution in [3.63, 3.8) is 0 Å². The maximum absolute atomic E-state index is 13.4. The monoisotopic (exact) mass is 285 g/mol. The van der Waals surface area contributed by atoms with Crippen molar-refractivity contribution in [3.8, 4) is 0 Å². The number of rotatable bonds is 3. The molecule has 2 N–H and O–H groups in total. The van der Waals surface area contributed by atoms with Gasteiger partial charge in [0.25, 0.3) is 0 Å². The SMILES string of the molecule is Nc1ccc(F)cc1S(=O)Cc1ccc(F)cc1F. The van der Waals surface area contributed by atoms with Crippen LogP contribution in [-0.2, 0) is 16.6 Å². The van der Waals surface area contributed by atoms with Gasteiger partial charge in [-0.1, -0.05) is 6.07 Å². The normalized spacial score (nSPS) is 12.4. The molecule has 0 aliphatic heterocycles. The lowest BCUT2D eigenvalue weighted by Crippen LogP contribution is -2.03. The second-order valence-corrected chi connectivity index (χ2v) is 5.33. The van der Waals surface area contributed by atoms with Crippen molar-refractivity contribution in [2.24, 2.45) is 0 Å². The third kappa shape index (κ3) is 3.14. The van der Waals surface area contributed by atoms with Gasteiger partial charge in [0.1, 0.15) is 17.5 Å². The van der Waals surface area contributed by atoms with E-state index in [9.17, 15) is 17.4 Å². The fourth-order valence-electron chi connectivity index (χ4n) is 1.56. The van der Waals surface area contributed by atoms with Crippen molar-refractivity contribution in [2.75, 3.05) is 5.73 Å². The first-order valence-electron chi connectivity index (χ1n) is 5.34. The summed E-state index contributed by atoms with van der Waals surface area (Å²) < 4.78 is 51.3. The quantitative estimate of drug-likeness (QED) is 0.881. The highest BCUT2D eigenvalue weighted by atomic mass is 32.2. The van der Waals surface area contributed by atoms with Crippen LogP contribution in [-0.4, -0.2) is 4.21 Å². The molecule has 0 amide bonds. The number of halogens is 3. The molecule has 0 bridgehead atoms. The van der Waals surface area contributed by atoms with E-state index in [-0.39, 0.29) is 21.9 Å². The average molecular weight is 285 g/mol. The summed E-state index contributed by atoms with van der Waals surface area (Å²) in [6.45, 7) is 0. The third-order valence-electron chi connectivity index (χ3n) is 2.52. The summed E-state index contributed by atoms with van der Waals surface area (Å²) in [5, 5.41) is 0. The van der Waals surface area contributed by atoms with Gasteiger partial charge >= 0.3 is 0 Å². The van der Waals surface area contributed by atoms with Crippen LogP contribution in [0.4, 0.5) is 18.9 Å². The summed E-state index contributed by atoms with van der Waals surface area (Å²) in [4.78, 5) is 0.101. The Morgan fingerprint density at radius 3 is 2.32 bits per heavy atom. The maximum atomic E-state index is 13.4. The summed E-state index contributed by atoms with van der Waals surface area (Å²) in [6, 6.07) is 6.48. The van der Waals surface area contributed by atoms with E-state index in [2.05, 4.69) is 0 Å². The molecule has 0 saturated carbocycles. The fraction of sp³-hybridized carbons (Fsp3) is 0.0769. The largest absolute Gasteiger partial charge is 0.398 e. The van der Waals surface area contributed by atoms with E-state index < -0.39 is 28.3 Å². The molecule has 0 radical (unpaired) electrons. The van der Waals surface area contributed by atoms with Crippen molar-refractivity contribution in [3.05, 3.63) is 59.4 Å². The molecule has 2 nitrogen and oxygen atoms in total. The van der Waals surface area contributed by atoms with Crippen LogP contribution >= 0.6 is 0 Å². The van der Waals surface area contributed by atoms with Crippen molar-refractivity contribution in [1.29, 1.82) is 0 Å². The average Bonchev–Trinajstić information content (AvgIpc) is 2.35. The Balaban J connectivity index is 2.28. The topological polar surface area (TPSA) is 43.1 Å². The van der Waals surface area contributed by atoms with Crippen molar-refractivity contribution in [1.82, 2.24) is 0 Å².